The molecule has 0 heterocycles. The minimum Gasteiger partial charge on any atom is -0.484 e. The Morgan fingerprint density at radius 1 is 1.15 bits per heavy atom. The standard InChI is InChI=1S/C17H16ClN3O5/c1-2-11-3-6-13(7-4-11)26-10-16(22)19-20-17(23)12-5-8-14(18)15(9-12)21(24)25/h3-9H,2,10H2,1H3,(H,19,22)(H,20,23). The number of halogens is 1. The topological polar surface area (TPSA) is 111 Å². The average molecular weight is 378 g/mol. The van der Waals surface area contributed by atoms with E-state index in [4.69, 9.17) is 16.3 Å². The van der Waals surface area contributed by atoms with Crippen LogP contribution in [0.25, 0.3) is 0 Å². The fraction of sp³-hybridized carbons (Fsp3) is 0.176. The first-order valence-electron chi connectivity index (χ1n) is 7.65. The number of hydrogen-bond acceptors (Lipinski definition) is 5. The molecule has 0 fully saturated rings. The number of nitro groups is 1. The van der Waals surface area contributed by atoms with Crippen LogP contribution in [0.3, 0.4) is 0 Å². The van der Waals surface area contributed by atoms with Crippen LogP contribution in [0.4, 0.5) is 5.69 Å². The molecule has 0 bridgehead atoms. The number of carbonyl (C=O) groups excluding carboxylic acids is 2. The summed E-state index contributed by atoms with van der Waals surface area (Å²) >= 11 is 5.68. The first-order chi connectivity index (χ1) is 12.4. The van der Waals surface area contributed by atoms with Gasteiger partial charge in [-0.15, -0.1) is 0 Å². The van der Waals surface area contributed by atoms with E-state index in [9.17, 15) is 19.7 Å². The first-order valence-corrected chi connectivity index (χ1v) is 8.03. The summed E-state index contributed by atoms with van der Waals surface area (Å²) in [6.45, 7) is 1.73. The van der Waals surface area contributed by atoms with Crippen LogP contribution in [0.5, 0.6) is 5.75 Å². The normalized spacial score (nSPS) is 10.1. The average Bonchev–Trinajstić information content (AvgIpc) is 2.64. The van der Waals surface area contributed by atoms with E-state index < -0.39 is 22.4 Å². The smallest absolute Gasteiger partial charge is 0.288 e. The summed E-state index contributed by atoms with van der Waals surface area (Å²) in [5.41, 5.74) is 5.06. The SMILES string of the molecule is CCc1ccc(OCC(=O)NNC(=O)c2ccc(Cl)c([N+](=O)[O-])c2)cc1. The second-order valence-electron chi connectivity index (χ2n) is 5.21. The van der Waals surface area contributed by atoms with Gasteiger partial charge in [0.15, 0.2) is 6.61 Å². The minimum absolute atomic E-state index is 0.0162. The van der Waals surface area contributed by atoms with Gasteiger partial charge in [0.05, 0.1) is 4.92 Å². The number of nitrogens with zero attached hydrogens (tertiary/aromatic N) is 1. The number of hydrogen-bond donors (Lipinski definition) is 2. The second kappa shape index (κ2) is 8.82. The Morgan fingerprint density at radius 3 is 2.46 bits per heavy atom. The highest BCUT2D eigenvalue weighted by Gasteiger charge is 2.16. The molecule has 9 heteroatoms. The molecule has 0 aromatic heterocycles. The van der Waals surface area contributed by atoms with E-state index in [0.717, 1.165) is 18.1 Å². The maximum Gasteiger partial charge on any atom is 0.288 e. The van der Waals surface area contributed by atoms with Gasteiger partial charge in [0.1, 0.15) is 10.8 Å². The van der Waals surface area contributed by atoms with Gasteiger partial charge in [-0.3, -0.25) is 30.6 Å². The third kappa shape index (κ3) is 5.18. The molecular formula is C17H16ClN3O5. The van der Waals surface area contributed by atoms with Crippen LogP contribution >= 0.6 is 11.6 Å². The van der Waals surface area contributed by atoms with Gasteiger partial charge in [-0.05, 0) is 36.2 Å². The van der Waals surface area contributed by atoms with Crippen molar-refractivity contribution in [2.45, 2.75) is 13.3 Å². The largest absolute Gasteiger partial charge is 0.484 e. The summed E-state index contributed by atoms with van der Waals surface area (Å²) in [5.74, 6) is -0.774. The van der Waals surface area contributed by atoms with E-state index in [2.05, 4.69) is 10.9 Å². The molecule has 2 aromatic carbocycles. The lowest BCUT2D eigenvalue weighted by atomic mass is 10.2. The van der Waals surface area contributed by atoms with Gasteiger partial charge in [-0.2, -0.15) is 0 Å². The van der Waals surface area contributed by atoms with Gasteiger partial charge in [0.2, 0.25) is 0 Å². The zero-order valence-corrected chi connectivity index (χ0v) is 14.6. The fourth-order valence-electron chi connectivity index (χ4n) is 2.00. The van der Waals surface area contributed by atoms with Crippen LogP contribution in [0.2, 0.25) is 5.02 Å². The molecule has 0 saturated heterocycles. The predicted octanol–water partition coefficient (Wildman–Crippen LogP) is 2.65. The van der Waals surface area contributed by atoms with Crippen molar-refractivity contribution in [3.8, 4) is 5.75 Å². The maximum absolute atomic E-state index is 11.9. The minimum atomic E-state index is -0.717. The summed E-state index contributed by atoms with van der Waals surface area (Å²) in [4.78, 5) is 33.8. The summed E-state index contributed by atoms with van der Waals surface area (Å²) in [5, 5.41) is 10.7. The molecule has 2 amide bonds. The van der Waals surface area contributed by atoms with Gasteiger partial charge in [0.25, 0.3) is 17.5 Å². The summed E-state index contributed by atoms with van der Waals surface area (Å²) < 4.78 is 5.30. The van der Waals surface area contributed by atoms with Gasteiger partial charge in [-0.25, -0.2) is 0 Å². The number of amides is 2. The number of nitrogens with one attached hydrogen (secondary N) is 2. The highest BCUT2D eigenvalue weighted by Crippen LogP contribution is 2.24. The van der Waals surface area contributed by atoms with Crippen LogP contribution in [-0.2, 0) is 11.2 Å². The molecule has 0 radical (unpaired) electrons. The molecule has 2 N–H and O–H groups in total. The van der Waals surface area contributed by atoms with Crippen LogP contribution < -0.4 is 15.6 Å². The molecule has 0 saturated carbocycles. The van der Waals surface area contributed by atoms with E-state index in [1.54, 1.807) is 12.1 Å². The highest BCUT2D eigenvalue weighted by molar-refractivity contribution is 6.32. The fourth-order valence-corrected chi connectivity index (χ4v) is 2.19. The van der Waals surface area contributed by atoms with Crippen molar-refractivity contribution in [3.05, 3.63) is 68.7 Å². The van der Waals surface area contributed by atoms with E-state index in [-0.39, 0.29) is 17.2 Å². The Bertz CT molecular complexity index is 824. The molecule has 0 spiro atoms. The molecule has 0 atom stereocenters. The van der Waals surface area contributed by atoms with E-state index >= 15 is 0 Å². The molecule has 8 nitrogen and oxygen atoms in total. The van der Waals surface area contributed by atoms with E-state index in [1.807, 2.05) is 19.1 Å². The molecule has 2 aromatic rings. The Hall–Kier alpha value is -3.13. The van der Waals surface area contributed by atoms with Crippen LogP contribution in [-0.4, -0.2) is 23.3 Å². The van der Waals surface area contributed by atoms with Crippen molar-refractivity contribution in [1.82, 2.24) is 10.9 Å². The molecule has 26 heavy (non-hydrogen) atoms. The Kier molecular flexibility index (Phi) is 6.51. The first kappa shape index (κ1) is 19.2. The van der Waals surface area contributed by atoms with Crippen molar-refractivity contribution in [1.29, 1.82) is 0 Å². The van der Waals surface area contributed by atoms with Crippen molar-refractivity contribution < 1.29 is 19.2 Å². The number of hydrazine groups is 1. The maximum atomic E-state index is 11.9. The second-order valence-corrected chi connectivity index (χ2v) is 5.62. The van der Waals surface area contributed by atoms with Gasteiger partial charge in [-0.1, -0.05) is 30.7 Å². The molecule has 0 unspecified atom stereocenters. The monoisotopic (exact) mass is 377 g/mol. The third-order valence-corrected chi connectivity index (χ3v) is 3.74. The lowest BCUT2D eigenvalue weighted by molar-refractivity contribution is -0.384. The number of benzene rings is 2. The lowest BCUT2D eigenvalue weighted by Crippen LogP contribution is -2.43. The summed E-state index contributed by atoms with van der Waals surface area (Å²) in [6, 6.07) is 10.8. The Labute approximate surface area is 154 Å². The number of aryl methyl sites for hydroxylation is 1. The number of nitro benzene ring substituents is 1. The molecule has 0 aliphatic carbocycles. The van der Waals surface area contributed by atoms with Crippen LogP contribution in [0.15, 0.2) is 42.5 Å². The number of ether oxygens (including phenoxy) is 1. The van der Waals surface area contributed by atoms with Crippen LogP contribution in [0.1, 0.15) is 22.8 Å². The Balaban J connectivity index is 1.85. The molecular weight excluding hydrogens is 362 g/mol. The van der Waals surface area contributed by atoms with Crippen LogP contribution in [0, 0.1) is 10.1 Å². The molecule has 136 valence electrons. The lowest BCUT2D eigenvalue weighted by Gasteiger charge is -2.09. The van der Waals surface area contributed by atoms with Crippen molar-refractivity contribution in [3.63, 3.8) is 0 Å². The van der Waals surface area contributed by atoms with Crippen molar-refractivity contribution >= 4 is 29.1 Å². The molecule has 0 aliphatic heterocycles. The van der Waals surface area contributed by atoms with E-state index in [0.29, 0.717) is 5.75 Å². The highest BCUT2D eigenvalue weighted by atomic mass is 35.5. The third-order valence-electron chi connectivity index (χ3n) is 3.42. The predicted molar refractivity (Wildman–Crippen MR) is 95.0 cm³/mol. The number of carbonyl (C=O) groups is 2. The van der Waals surface area contributed by atoms with E-state index in [1.165, 1.54) is 12.1 Å². The van der Waals surface area contributed by atoms with Gasteiger partial charge >= 0.3 is 0 Å². The summed E-state index contributed by atoms with van der Waals surface area (Å²) in [6.07, 6.45) is 0.898. The van der Waals surface area contributed by atoms with Crippen molar-refractivity contribution in [2.24, 2.45) is 0 Å². The molecule has 2 rings (SSSR count). The van der Waals surface area contributed by atoms with Crippen molar-refractivity contribution in [2.75, 3.05) is 6.61 Å². The zero-order valence-electron chi connectivity index (χ0n) is 13.8. The zero-order chi connectivity index (χ0) is 19.1. The quantitative estimate of drug-likeness (QED) is 0.594. The van der Waals surface area contributed by atoms with Gasteiger partial charge < -0.3 is 4.74 Å². The molecule has 0 aliphatic rings. The Morgan fingerprint density at radius 2 is 1.85 bits per heavy atom. The van der Waals surface area contributed by atoms with Gasteiger partial charge in [0, 0.05) is 11.6 Å². The summed E-state index contributed by atoms with van der Waals surface area (Å²) in [7, 11) is 0. The number of rotatable bonds is 6.